The first kappa shape index (κ1) is 16.4. The normalized spacial score (nSPS) is 23.4. The van der Waals surface area contributed by atoms with Crippen LogP contribution in [0.1, 0.15) is 35.2 Å². The number of hydrogen-bond donors (Lipinski definition) is 1. The zero-order valence-corrected chi connectivity index (χ0v) is 14.0. The third-order valence-corrected chi connectivity index (χ3v) is 7.03. The minimum atomic E-state index is -3.15. The third kappa shape index (κ3) is 3.57. The van der Waals surface area contributed by atoms with Gasteiger partial charge >= 0.3 is 0 Å². The second-order valence-electron chi connectivity index (χ2n) is 6.36. The van der Waals surface area contributed by atoms with Crippen LogP contribution in [0, 0.1) is 0 Å². The Kier molecular flexibility index (Phi) is 4.70. The van der Waals surface area contributed by atoms with E-state index in [1.54, 1.807) is 16.4 Å². The molecule has 1 amide bonds. The second kappa shape index (κ2) is 6.59. The number of carbonyl (C=O) groups is 1. The largest absolute Gasteiger partial charge is 0.366 e. The van der Waals surface area contributed by atoms with Crippen LogP contribution < -0.4 is 5.73 Å². The predicted octanol–water partition coefficient (Wildman–Crippen LogP) is 0.785. The second-order valence-corrected chi connectivity index (χ2v) is 8.57. The van der Waals surface area contributed by atoms with Gasteiger partial charge in [0.05, 0.1) is 5.25 Å². The lowest BCUT2D eigenvalue weighted by Crippen LogP contribution is -2.38. The Labute approximate surface area is 137 Å². The molecule has 2 saturated heterocycles. The zero-order valence-electron chi connectivity index (χ0n) is 13.1. The Balaban J connectivity index is 1.60. The quantitative estimate of drug-likeness (QED) is 0.861. The van der Waals surface area contributed by atoms with E-state index in [1.807, 2.05) is 12.1 Å². The van der Waals surface area contributed by atoms with Crippen molar-refractivity contribution in [3.8, 4) is 0 Å². The van der Waals surface area contributed by atoms with Crippen molar-refractivity contribution in [1.29, 1.82) is 0 Å². The predicted molar refractivity (Wildman–Crippen MR) is 88.4 cm³/mol. The van der Waals surface area contributed by atoms with Gasteiger partial charge < -0.3 is 5.73 Å². The topological polar surface area (TPSA) is 83.7 Å². The standard InChI is InChI=1S/C16H23N3O3S/c17-16(20)14-5-3-13(4-6-14)11-18-10-7-15(12-18)23(21,22)19-8-1-2-9-19/h3-6,15H,1-2,7-12H2,(H2,17,20). The number of benzene rings is 1. The number of amides is 1. The molecule has 126 valence electrons. The van der Waals surface area contributed by atoms with Gasteiger partial charge in [-0.2, -0.15) is 0 Å². The molecule has 23 heavy (non-hydrogen) atoms. The van der Waals surface area contributed by atoms with Crippen LogP contribution in [0.4, 0.5) is 0 Å². The fourth-order valence-corrected chi connectivity index (χ4v) is 5.36. The van der Waals surface area contributed by atoms with E-state index in [-0.39, 0.29) is 5.25 Å². The highest BCUT2D eigenvalue weighted by Crippen LogP contribution is 2.24. The highest BCUT2D eigenvalue weighted by molar-refractivity contribution is 7.89. The molecular formula is C16H23N3O3S. The van der Waals surface area contributed by atoms with Crippen molar-refractivity contribution in [1.82, 2.24) is 9.21 Å². The number of hydrogen-bond acceptors (Lipinski definition) is 4. The fraction of sp³-hybridized carbons (Fsp3) is 0.562. The number of nitrogens with two attached hydrogens (primary N) is 1. The molecule has 1 aromatic rings. The molecule has 1 aromatic carbocycles. The van der Waals surface area contributed by atoms with Gasteiger partial charge in [0.15, 0.2) is 0 Å². The third-order valence-electron chi connectivity index (χ3n) is 4.72. The summed E-state index contributed by atoms with van der Waals surface area (Å²) in [4.78, 5) is 13.2. The smallest absolute Gasteiger partial charge is 0.248 e. The summed E-state index contributed by atoms with van der Waals surface area (Å²) in [6.45, 7) is 3.41. The Morgan fingerprint density at radius 1 is 1.13 bits per heavy atom. The molecule has 1 atom stereocenters. The molecule has 0 spiro atoms. The monoisotopic (exact) mass is 337 g/mol. The molecule has 0 saturated carbocycles. The Hall–Kier alpha value is -1.44. The van der Waals surface area contributed by atoms with Crippen molar-refractivity contribution in [2.45, 2.75) is 31.1 Å². The molecule has 2 heterocycles. The number of nitrogens with zero attached hydrogens (tertiary/aromatic N) is 2. The number of rotatable bonds is 5. The SMILES string of the molecule is NC(=O)c1ccc(CN2CCC(S(=O)(=O)N3CCCC3)C2)cc1. The number of likely N-dealkylation sites (tertiary alicyclic amines) is 1. The molecule has 6 nitrogen and oxygen atoms in total. The van der Waals surface area contributed by atoms with Gasteiger partial charge in [-0.3, -0.25) is 9.69 Å². The molecule has 1 unspecified atom stereocenters. The number of carbonyl (C=O) groups excluding carboxylic acids is 1. The van der Waals surface area contributed by atoms with Crippen molar-refractivity contribution < 1.29 is 13.2 Å². The molecule has 2 aliphatic rings. The van der Waals surface area contributed by atoms with Crippen LogP contribution >= 0.6 is 0 Å². The van der Waals surface area contributed by atoms with Crippen molar-refractivity contribution in [2.75, 3.05) is 26.2 Å². The van der Waals surface area contributed by atoms with Crippen LogP contribution in [0.25, 0.3) is 0 Å². The van der Waals surface area contributed by atoms with E-state index in [2.05, 4.69) is 4.90 Å². The summed E-state index contributed by atoms with van der Waals surface area (Å²) in [5, 5.41) is -0.287. The average molecular weight is 337 g/mol. The summed E-state index contributed by atoms with van der Waals surface area (Å²) in [6, 6.07) is 7.18. The Morgan fingerprint density at radius 2 is 1.78 bits per heavy atom. The van der Waals surface area contributed by atoms with Gasteiger partial charge in [-0.1, -0.05) is 12.1 Å². The molecule has 2 N–H and O–H groups in total. The summed E-state index contributed by atoms with van der Waals surface area (Å²) >= 11 is 0. The minimum Gasteiger partial charge on any atom is -0.366 e. The molecule has 2 fully saturated rings. The Morgan fingerprint density at radius 3 is 2.39 bits per heavy atom. The maximum Gasteiger partial charge on any atom is 0.248 e. The van der Waals surface area contributed by atoms with Crippen molar-refractivity contribution in [3.63, 3.8) is 0 Å². The summed E-state index contributed by atoms with van der Waals surface area (Å²) in [5.74, 6) is -0.436. The summed E-state index contributed by atoms with van der Waals surface area (Å²) in [5.41, 5.74) is 6.79. The van der Waals surface area contributed by atoms with Crippen molar-refractivity contribution in [2.24, 2.45) is 5.73 Å². The summed E-state index contributed by atoms with van der Waals surface area (Å²) in [6.07, 6.45) is 2.64. The average Bonchev–Trinajstić information content (AvgIpc) is 3.19. The van der Waals surface area contributed by atoms with Crippen LogP contribution in [-0.2, 0) is 16.6 Å². The van der Waals surface area contributed by atoms with Gasteiger partial charge in [0.1, 0.15) is 0 Å². The molecule has 7 heteroatoms. The van der Waals surface area contributed by atoms with Crippen LogP contribution in [0.5, 0.6) is 0 Å². The molecule has 2 aliphatic heterocycles. The molecule has 0 radical (unpaired) electrons. The lowest BCUT2D eigenvalue weighted by molar-refractivity contribution is 0.1000. The molecule has 0 aromatic heterocycles. The summed E-state index contributed by atoms with van der Waals surface area (Å²) in [7, 11) is -3.15. The number of primary amides is 1. The Bertz CT molecular complexity index is 666. The van der Waals surface area contributed by atoms with Gasteiger partial charge in [0, 0.05) is 31.7 Å². The molecule has 0 bridgehead atoms. The highest BCUT2D eigenvalue weighted by Gasteiger charge is 2.37. The van der Waals surface area contributed by atoms with Gasteiger partial charge in [-0.15, -0.1) is 0 Å². The maximum absolute atomic E-state index is 12.6. The first-order chi connectivity index (χ1) is 11.0. The van der Waals surface area contributed by atoms with Crippen LogP contribution in [0.15, 0.2) is 24.3 Å². The highest BCUT2D eigenvalue weighted by atomic mass is 32.2. The van der Waals surface area contributed by atoms with E-state index in [9.17, 15) is 13.2 Å². The van der Waals surface area contributed by atoms with Crippen LogP contribution in [0.2, 0.25) is 0 Å². The van der Waals surface area contributed by atoms with Gasteiger partial charge in [-0.05, 0) is 43.5 Å². The van der Waals surface area contributed by atoms with E-state index in [1.165, 1.54) is 0 Å². The first-order valence-corrected chi connectivity index (χ1v) is 9.57. The van der Waals surface area contributed by atoms with Crippen molar-refractivity contribution >= 4 is 15.9 Å². The molecule has 0 aliphatic carbocycles. The number of sulfonamides is 1. The maximum atomic E-state index is 12.6. The lowest BCUT2D eigenvalue weighted by Gasteiger charge is -2.21. The van der Waals surface area contributed by atoms with E-state index in [4.69, 9.17) is 5.73 Å². The lowest BCUT2D eigenvalue weighted by atomic mass is 10.1. The van der Waals surface area contributed by atoms with E-state index in [0.717, 1.165) is 24.9 Å². The van der Waals surface area contributed by atoms with Crippen molar-refractivity contribution in [3.05, 3.63) is 35.4 Å². The van der Waals surface area contributed by atoms with E-state index >= 15 is 0 Å². The van der Waals surface area contributed by atoms with Gasteiger partial charge in [-0.25, -0.2) is 12.7 Å². The van der Waals surface area contributed by atoms with Crippen LogP contribution in [-0.4, -0.2) is 55.0 Å². The summed E-state index contributed by atoms with van der Waals surface area (Å²) < 4.78 is 26.9. The first-order valence-electron chi connectivity index (χ1n) is 8.07. The fourth-order valence-electron chi connectivity index (χ4n) is 3.37. The van der Waals surface area contributed by atoms with Crippen LogP contribution in [0.3, 0.4) is 0 Å². The zero-order chi connectivity index (χ0) is 16.4. The minimum absolute atomic E-state index is 0.287. The van der Waals surface area contributed by atoms with Gasteiger partial charge in [0.25, 0.3) is 0 Å². The van der Waals surface area contributed by atoms with E-state index in [0.29, 0.717) is 38.2 Å². The molecular weight excluding hydrogens is 314 g/mol. The van der Waals surface area contributed by atoms with Gasteiger partial charge in [0.2, 0.25) is 15.9 Å². The van der Waals surface area contributed by atoms with E-state index < -0.39 is 15.9 Å². The molecule has 3 rings (SSSR count).